The zero-order valence-electron chi connectivity index (χ0n) is 24.0. The molecule has 2 N–H and O–H groups in total. The molecule has 4 aromatic rings. The summed E-state index contributed by atoms with van der Waals surface area (Å²) >= 11 is 12.9. The number of nitrogens with zero attached hydrogens (tertiary/aromatic N) is 4. The van der Waals surface area contributed by atoms with Gasteiger partial charge in [-0.05, 0) is 88.3 Å². The Labute approximate surface area is 267 Å². The number of pyridine rings is 1. The Morgan fingerprint density at radius 3 is 2.20 bits per heavy atom. The summed E-state index contributed by atoms with van der Waals surface area (Å²) in [7, 11) is -1.56. The van der Waals surface area contributed by atoms with Crippen molar-refractivity contribution in [1.82, 2.24) is 19.4 Å². The van der Waals surface area contributed by atoms with Gasteiger partial charge in [0.2, 0.25) is 5.95 Å². The van der Waals surface area contributed by atoms with E-state index in [1.807, 2.05) is 12.1 Å². The van der Waals surface area contributed by atoms with Gasteiger partial charge in [-0.25, -0.2) is 13.4 Å². The highest BCUT2D eigenvalue weighted by atomic mass is 35.5. The van der Waals surface area contributed by atoms with Gasteiger partial charge in [-0.15, -0.1) is 0 Å². The van der Waals surface area contributed by atoms with Gasteiger partial charge in [0.15, 0.2) is 9.84 Å². The Morgan fingerprint density at radius 1 is 0.978 bits per heavy atom. The normalized spacial score (nSPS) is 16.7. The minimum atomic E-state index is -4.76. The third kappa shape index (κ3) is 6.91. The van der Waals surface area contributed by atoms with Crippen molar-refractivity contribution in [2.24, 2.45) is 0 Å². The molecular formula is C30H29Cl2F3N6O3S. The van der Waals surface area contributed by atoms with Crippen LogP contribution >= 0.6 is 23.2 Å². The number of alkyl halides is 3. The average molecular weight is 682 g/mol. The van der Waals surface area contributed by atoms with Crippen LogP contribution in [0.3, 0.4) is 0 Å². The summed E-state index contributed by atoms with van der Waals surface area (Å²) in [5.74, 6) is -0.00713. The van der Waals surface area contributed by atoms with Gasteiger partial charge in [-0.2, -0.15) is 18.2 Å². The van der Waals surface area contributed by atoms with E-state index in [4.69, 9.17) is 23.2 Å². The molecule has 2 fully saturated rings. The molecule has 2 aliphatic rings. The van der Waals surface area contributed by atoms with Crippen LogP contribution in [0.2, 0.25) is 10.0 Å². The number of fused-ring (bicyclic) bond motifs is 1. The standard InChI is InChI=1S/C30H29Cl2F3N6O3S/c1-40-10-8-20(9-11-40)37-18-2-4-19(5-3-18)38-29-36-15-17-12-23(28(42)41(27(17)39-29)16-30(33,34)35)26-24(31)13-22(14-25(26)32)45(43,44)21-6-7-21/h2-5,12-15,20-21,37H,6-11,16H2,1H3,(H,36,38,39). The Morgan fingerprint density at radius 2 is 1.60 bits per heavy atom. The first-order chi connectivity index (χ1) is 21.3. The van der Waals surface area contributed by atoms with Gasteiger partial charge in [-0.3, -0.25) is 9.36 Å². The summed E-state index contributed by atoms with van der Waals surface area (Å²) in [4.78, 5) is 24.3. The Bertz CT molecular complexity index is 1900. The zero-order valence-corrected chi connectivity index (χ0v) is 26.4. The monoisotopic (exact) mass is 680 g/mol. The van der Waals surface area contributed by atoms with Crippen LogP contribution in [0.25, 0.3) is 22.2 Å². The molecule has 1 saturated carbocycles. The molecule has 15 heteroatoms. The van der Waals surface area contributed by atoms with Crippen molar-refractivity contribution in [2.75, 3.05) is 30.8 Å². The number of nitrogens with one attached hydrogen (secondary N) is 2. The predicted molar refractivity (Wildman–Crippen MR) is 169 cm³/mol. The molecule has 1 aliphatic carbocycles. The predicted octanol–water partition coefficient (Wildman–Crippen LogP) is 6.51. The lowest BCUT2D eigenvalue weighted by atomic mass is 10.1. The molecule has 6 rings (SSSR count). The van der Waals surface area contributed by atoms with Gasteiger partial charge in [-0.1, -0.05) is 23.2 Å². The topological polar surface area (TPSA) is 109 Å². The van der Waals surface area contributed by atoms with E-state index in [0.717, 1.165) is 31.6 Å². The fraction of sp³-hybridized carbons (Fsp3) is 0.367. The van der Waals surface area contributed by atoms with Crippen molar-refractivity contribution in [2.45, 2.75) is 54.6 Å². The van der Waals surface area contributed by atoms with E-state index >= 15 is 0 Å². The first-order valence-corrected chi connectivity index (χ1v) is 16.6. The van der Waals surface area contributed by atoms with Gasteiger partial charge in [0.1, 0.15) is 12.2 Å². The molecule has 2 aromatic heterocycles. The van der Waals surface area contributed by atoms with Crippen LogP contribution in [-0.4, -0.2) is 65.5 Å². The largest absolute Gasteiger partial charge is 0.406 e. The number of rotatable bonds is 8. The zero-order chi connectivity index (χ0) is 32.1. The molecular weight excluding hydrogens is 652 g/mol. The van der Waals surface area contributed by atoms with Crippen LogP contribution in [-0.2, 0) is 16.4 Å². The maximum Gasteiger partial charge on any atom is 0.406 e. The molecule has 238 valence electrons. The number of hydrogen-bond donors (Lipinski definition) is 2. The van der Waals surface area contributed by atoms with Crippen molar-refractivity contribution in [3.05, 3.63) is 69.1 Å². The number of anilines is 3. The van der Waals surface area contributed by atoms with E-state index in [1.54, 1.807) is 12.1 Å². The molecule has 0 amide bonds. The van der Waals surface area contributed by atoms with Crippen LogP contribution in [0, 0.1) is 0 Å². The third-order valence-electron chi connectivity index (χ3n) is 7.97. The van der Waals surface area contributed by atoms with Crippen molar-refractivity contribution < 1.29 is 21.6 Å². The van der Waals surface area contributed by atoms with Crippen molar-refractivity contribution in [1.29, 1.82) is 0 Å². The quantitative estimate of drug-likeness (QED) is 0.217. The van der Waals surface area contributed by atoms with E-state index < -0.39 is 33.4 Å². The summed E-state index contributed by atoms with van der Waals surface area (Å²) in [5, 5.41) is 5.75. The summed E-state index contributed by atoms with van der Waals surface area (Å²) in [5.41, 5.74) is -0.0723. The summed E-state index contributed by atoms with van der Waals surface area (Å²) in [6.45, 7) is 0.413. The van der Waals surface area contributed by atoms with Crippen molar-refractivity contribution >= 4 is 61.4 Å². The fourth-order valence-corrected chi connectivity index (χ4v) is 7.96. The van der Waals surface area contributed by atoms with Gasteiger partial charge < -0.3 is 15.5 Å². The summed E-state index contributed by atoms with van der Waals surface area (Å²) < 4.78 is 67.2. The minimum Gasteiger partial charge on any atom is -0.382 e. The van der Waals surface area contributed by atoms with Gasteiger partial charge in [0.05, 0.1) is 25.8 Å². The van der Waals surface area contributed by atoms with Gasteiger partial charge in [0.25, 0.3) is 5.56 Å². The molecule has 1 aliphatic heterocycles. The van der Waals surface area contributed by atoms with Crippen molar-refractivity contribution in [3.8, 4) is 11.1 Å². The molecule has 0 unspecified atom stereocenters. The number of hydrogen-bond acceptors (Lipinski definition) is 8. The lowest BCUT2D eigenvalue weighted by Gasteiger charge is -2.30. The lowest BCUT2D eigenvalue weighted by Crippen LogP contribution is -2.36. The highest BCUT2D eigenvalue weighted by Crippen LogP contribution is 2.40. The summed E-state index contributed by atoms with van der Waals surface area (Å²) in [6.07, 6.45) is -0.359. The second kappa shape index (κ2) is 12.1. The lowest BCUT2D eigenvalue weighted by molar-refractivity contribution is -0.140. The highest BCUT2D eigenvalue weighted by molar-refractivity contribution is 7.92. The van der Waals surface area contributed by atoms with Gasteiger partial charge in [0, 0.05) is 34.6 Å². The third-order valence-corrected chi connectivity index (χ3v) is 10.8. The number of piperidine rings is 1. The average Bonchev–Trinajstić information content (AvgIpc) is 3.83. The van der Waals surface area contributed by atoms with E-state index in [1.165, 1.54) is 24.4 Å². The van der Waals surface area contributed by atoms with Crippen LogP contribution in [0.15, 0.2) is 58.4 Å². The van der Waals surface area contributed by atoms with Crippen LogP contribution < -0.4 is 16.2 Å². The molecule has 0 bridgehead atoms. The van der Waals surface area contributed by atoms with E-state index in [2.05, 4.69) is 32.5 Å². The van der Waals surface area contributed by atoms with E-state index in [0.29, 0.717) is 29.1 Å². The number of aromatic nitrogens is 3. The second-order valence-electron chi connectivity index (χ2n) is 11.5. The molecule has 0 atom stereocenters. The maximum atomic E-state index is 13.7. The highest BCUT2D eigenvalue weighted by Gasteiger charge is 2.38. The number of benzene rings is 2. The van der Waals surface area contributed by atoms with E-state index in [9.17, 15) is 26.4 Å². The smallest absolute Gasteiger partial charge is 0.382 e. The first kappa shape index (κ1) is 31.6. The first-order valence-electron chi connectivity index (χ1n) is 14.3. The number of halogens is 5. The maximum absolute atomic E-state index is 13.7. The molecule has 1 saturated heterocycles. The van der Waals surface area contributed by atoms with Crippen LogP contribution in [0.4, 0.5) is 30.5 Å². The number of sulfone groups is 1. The minimum absolute atomic E-state index is 0.00713. The molecule has 0 spiro atoms. The van der Waals surface area contributed by atoms with Crippen LogP contribution in [0.5, 0.6) is 0 Å². The summed E-state index contributed by atoms with van der Waals surface area (Å²) in [6, 6.07) is 11.4. The molecule has 45 heavy (non-hydrogen) atoms. The Balaban J connectivity index is 1.33. The fourth-order valence-electron chi connectivity index (χ4n) is 5.43. The van der Waals surface area contributed by atoms with Gasteiger partial charge >= 0.3 is 6.18 Å². The molecule has 2 aromatic carbocycles. The van der Waals surface area contributed by atoms with Crippen LogP contribution in [0.1, 0.15) is 25.7 Å². The molecule has 3 heterocycles. The Kier molecular flexibility index (Phi) is 8.48. The molecule has 0 radical (unpaired) electrons. The van der Waals surface area contributed by atoms with Crippen molar-refractivity contribution in [3.63, 3.8) is 0 Å². The second-order valence-corrected chi connectivity index (χ2v) is 14.5. The molecule has 9 nitrogen and oxygen atoms in total. The SMILES string of the molecule is CN1CCC(Nc2ccc(Nc3ncc4cc(-c5c(Cl)cc(S(=O)(=O)C6CC6)cc5Cl)c(=O)n(CC(F)(F)F)c4n3)cc2)CC1. The Hall–Kier alpha value is -3.39. The van der Waals surface area contributed by atoms with E-state index in [-0.39, 0.29) is 43.0 Å². The number of likely N-dealkylation sites (tertiary alicyclic amines) is 1.